The molecule has 0 aromatic heterocycles. The van der Waals surface area contributed by atoms with Crippen LogP contribution in [0, 0.1) is 25.6 Å². The van der Waals surface area contributed by atoms with Gasteiger partial charge in [-0.15, -0.1) is 0 Å². The lowest BCUT2D eigenvalue weighted by Crippen LogP contribution is -2.49. The van der Waals surface area contributed by atoms with Gasteiger partial charge in [-0.25, -0.2) is 12.8 Å². The lowest BCUT2D eigenvalue weighted by molar-refractivity contribution is -0.126. The van der Waals surface area contributed by atoms with Gasteiger partial charge in [0.1, 0.15) is 5.82 Å². The lowest BCUT2D eigenvalue weighted by Gasteiger charge is -2.35. The quantitative estimate of drug-likeness (QED) is 0.545. The summed E-state index contributed by atoms with van der Waals surface area (Å²) in [6.45, 7) is 5.96. The molecule has 2 saturated heterocycles. The Morgan fingerprint density at radius 3 is 2.47 bits per heavy atom. The maximum Gasteiger partial charge on any atom is 0.227 e. The average Bonchev–Trinajstić information content (AvgIpc) is 3.25. The Morgan fingerprint density at radius 2 is 1.78 bits per heavy atom. The maximum atomic E-state index is 14.0. The minimum Gasteiger partial charge on any atom is -0.367 e. The molecule has 10 heteroatoms. The van der Waals surface area contributed by atoms with Gasteiger partial charge in [0.25, 0.3) is 0 Å². The van der Waals surface area contributed by atoms with Gasteiger partial charge >= 0.3 is 0 Å². The zero-order chi connectivity index (χ0) is 25.9. The van der Waals surface area contributed by atoms with Crippen LogP contribution in [0.15, 0.2) is 42.5 Å². The normalized spacial score (nSPS) is 19.1. The third-order valence-corrected chi connectivity index (χ3v) is 8.96. The zero-order valence-corrected chi connectivity index (χ0v) is 21.6. The third kappa shape index (κ3) is 5.87. The number of nitrogens with zero attached hydrogens (tertiary/aromatic N) is 3. The fraction of sp³-hybridized carbons (Fsp3) is 0.462. The number of aryl methyl sites for hydroxylation is 2. The number of halogens is 1. The molecule has 2 aliphatic heterocycles. The Hall–Kier alpha value is -2.98. The first kappa shape index (κ1) is 26.1. The molecule has 2 amide bonds. The SMILES string of the molecule is Cc1ccc(N2CC(C(=O)NCCCS(=O)(=O)N3CCN(c4ccccc4F)CC3)CC2=O)cc1C. The second-order valence-electron chi connectivity index (χ2n) is 9.47. The van der Waals surface area contributed by atoms with Crippen molar-refractivity contribution in [2.45, 2.75) is 26.7 Å². The molecule has 1 atom stereocenters. The van der Waals surface area contributed by atoms with Gasteiger partial charge in [-0.2, -0.15) is 4.31 Å². The molecule has 0 radical (unpaired) electrons. The van der Waals surface area contributed by atoms with Crippen molar-refractivity contribution >= 4 is 33.2 Å². The molecule has 1 N–H and O–H groups in total. The number of para-hydroxylation sites is 1. The van der Waals surface area contributed by atoms with Crippen molar-refractivity contribution in [3.63, 3.8) is 0 Å². The Morgan fingerprint density at radius 1 is 1.06 bits per heavy atom. The standard InChI is InChI=1S/C26H33FN4O4S/c1-19-8-9-22(16-20(19)2)31-18-21(17-25(31)32)26(33)28-10-5-15-36(34,35)30-13-11-29(12-14-30)24-7-4-3-6-23(24)27/h3-4,6-9,16,21H,5,10-15,17-18H2,1-2H3,(H,28,33). The minimum absolute atomic E-state index is 0.0780. The summed E-state index contributed by atoms with van der Waals surface area (Å²) in [7, 11) is -3.48. The van der Waals surface area contributed by atoms with Crippen molar-refractivity contribution in [1.82, 2.24) is 9.62 Å². The molecule has 194 valence electrons. The van der Waals surface area contributed by atoms with E-state index in [4.69, 9.17) is 0 Å². The van der Waals surface area contributed by atoms with Crippen LogP contribution in [0.2, 0.25) is 0 Å². The van der Waals surface area contributed by atoms with Gasteiger partial charge in [-0.1, -0.05) is 18.2 Å². The topological polar surface area (TPSA) is 90.0 Å². The van der Waals surface area contributed by atoms with E-state index in [1.54, 1.807) is 23.1 Å². The lowest BCUT2D eigenvalue weighted by atomic mass is 10.1. The smallest absolute Gasteiger partial charge is 0.227 e. The van der Waals surface area contributed by atoms with Gasteiger partial charge in [0, 0.05) is 51.4 Å². The molecule has 8 nitrogen and oxygen atoms in total. The van der Waals surface area contributed by atoms with Crippen molar-refractivity contribution in [2.24, 2.45) is 5.92 Å². The molecule has 0 spiro atoms. The summed E-state index contributed by atoms with van der Waals surface area (Å²) in [6, 6.07) is 12.3. The van der Waals surface area contributed by atoms with Crippen LogP contribution in [0.3, 0.4) is 0 Å². The third-order valence-electron chi connectivity index (χ3n) is 7.00. The molecule has 2 heterocycles. The van der Waals surface area contributed by atoms with Crippen LogP contribution in [0.4, 0.5) is 15.8 Å². The summed E-state index contributed by atoms with van der Waals surface area (Å²) in [5, 5.41) is 2.80. The molecule has 4 rings (SSSR count). The van der Waals surface area contributed by atoms with Crippen molar-refractivity contribution in [1.29, 1.82) is 0 Å². The number of benzene rings is 2. The number of sulfonamides is 1. The molecule has 2 aromatic rings. The highest BCUT2D eigenvalue weighted by molar-refractivity contribution is 7.89. The van der Waals surface area contributed by atoms with Crippen molar-refractivity contribution in [3.05, 3.63) is 59.4 Å². The molecule has 0 bridgehead atoms. The summed E-state index contributed by atoms with van der Waals surface area (Å²) in [5.74, 6) is -1.17. The molecule has 2 aliphatic rings. The molecular formula is C26H33FN4O4S. The second kappa shape index (κ2) is 11.0. The largest absolute Gasteiger partial charge is 0.367 e. The number of carbonyl (C=O) groups excluding carboxylic acids is 2. The van der Waals surface area contributed by atoms with Crippen LogP contribution in [0.5, 0.6) is 0 Å². The number of hydrogen-bond donors (Lipinski definition) is 1. The minimum atomic E-state index is -3.48. The number of hydrogen-bond acceptors (Lipinski definition) is 5. The van der Waals surface area contributed by atoms with Crippen molar-refractivity contribution in [3.8, 4) is 0 Å². The predicted octanol–water partition coefficient (Wildman–Crippen LogP) is 2.45. The van der Waals surface area contributed by atoms with E-state index in [1.807, 2.05) is 36.9 Å². The Labute approximate surface area is 212 Å². The number of amides is 2. The number of rotatable bonds is 8. The number of anilines is 2. The Bertz CT molecular complexity index is 1230. The molecule has 36 heavy (non-hydrogen) atoms. The van der Waals surface area contributed by atoms with Gasteiger partial charge < -0.3 is 15.1 Å². The van der Waals surface area contributed by atoms with Crippen LogP contribution >= 0.6 is 0 Å². The van der Waals surface area contributed by atoms with E-state index < -0.39 is 15.9 Å². The fourth-order valence-corrected chi connectivity index (χ4v) is 6.17. The Kier molecular flexibility index (Phi) is 7.94. The highest BCUT2D eigenvalue weighted by Gasteiger charge is 2.35. The average molecular weight is 517 g/mol. The highest BCUT2D eigenvalue weighted by Crippen LogP contribution is 2.27. The van der Waals surface area contributed by atoms with E-state index in [2.05, 4.69) is 5.32 Å². The first-order valence-electron chi connectivity index (χ1n) is 12.3. The molecular weight excluding hydrogens is 483 g/mol. The fourth-order valence-electron chi connectivity index (χ4n) is 4.68. The van der Waals surface area contributed by atoms with Crippen molar-refractivity contribution < 1.29 is 22.4 Å². The van der Waals surface area contributed by atoms with Crippen molar-refractivity contribution in [2.75, 3.05) is 54.8 Å². The van der Waals surface area contributed by atoms with Gasteiger partial charge in [0.15, 0.2) is 0 Å². The Balaban J connectivity index is 1.21. The number of piperazine rings is 1. The molecule has 0 aliphatic carbocycles. The summed E-state index contributed by atoms with van der Waals surface area (Å²) in [5.41, 5.74) is 3.50. The predicted molar refractivity (Wildman–Crippen MR) is 138 cm³/mol. The van der Waals surface area contributed by atoms with E-state index in [9.17, 15) is 22.4 Å². The highest BCUT2D eigenvalue weighted by atomic mass is 32.2. The molecule has 1 unspecified atom stereocenters. The van der Waals surface area contributed by atoms with E-state index in [0.29, 0.717) is 38.4 Å². The first-order valence-corrected chi connectivity index (χ1v) is 13.9. The zero-order valence-electron chi connectivity index (χ0n) is 20.7. The molecule has 2 fully saturated rings. The van der Waals surface area contributed by atoms with Gasteiger partial charge in [0.05, 0.1) is 17.4 Å². The van der Waals surface area contributed by atoms with E-state index in [0.717, 1.165) is 16.8 Å². The van der Waals surface area contributed by atoms with Crippen LogP contribution in [-0.4, -0.2) is 69.6 Å². The molecule has 2 aromatic carbocycles. The summed E-state index contributed by atoms with van der Waals surface area (Å²) in [6.07, 6.45) is 0.423. The van der Waals surface area contributed by atoms with Crippen LogP contribution in [0.1, 0.15) is 24.0 Å². The van der Waals surface area contributed by atoms with E-state index >= 15 is 0 Å². The van der Waals surface area contributed by atoms with Crippen LogP contribution < -0.4 is 15.1 Å². The number of nitrogens with one attached hydrogen (secondary N) is 1. The summed E-state index contributed by atoms with van der Waals surface area (Å²) >= 11 is 0. The number of carbonyl (C=O) groups is 2. The molecule has 0 saturated carbocycles. The van der Waals surface area contributed by atoms with Gasteiger partial charge in [0.2, 0.25) is 21.8 Å². The first-order chi connectivity index (χ1) is 17.2. The van der Waals surface area contributed by atoms with Crippen LogP contribution in [0.25, 0.3) is 0 Å². The second-order valence-corrected chi connectivity index (χ2v) is 11.6. The van der Waals surface area contributed by atoms with Crippen LogP contribution in [-0.2, 0) is 19.6 Å². The summed E-state index contributed by atoms with van der Waals surface area (Å²) < 4.78 is 41.0. The van der Waals surface area contributed by atoms with E-state index in [-0.39, 0.29) is 42.8 Å². The monoisotopic (exact) mass is 516 g/mol. The van der Waals surface area contributed by atoms with Gasteiger partial charge in [-0.3, -0.25) is 9.59 Å². The van der Waals surface area contributed by atoms with E-state index in [1.165, 1.54) is 10.4 Å². The maximum absolute atomic E-state index is 14.0. The van der Waals surface area contributed by atoms with Gasteiger partial charge in [-0.05, 0) is 55.7 Å². The summed E-state index contributed by atoms with van der Waals surface area (Å²) in [4.78, 5) is 28.6.